The minimum absolute atomic E-state index is 0.0906. The van der Waals surface area contributed by atoms with Crippen LogP contribution in [0.4, 0.5) is 0 Å². The van der Waals surface area contributed by atoms with Crippen LogP contribution in [0.1, 0.15) is 32.4 Å². The number of hydrogen-bond acceptors (Lipinski definition) is 4. The molecule has 1 aromatic rings. The predicted octanol–water partition coefficient (Wildman–Crippen LogP) is 2.77. The summed E-state index contributed by atoms with van der Waals surface area (Å²) in [6, 6.07) is 7.73. The Kier molecular flexibility index (Phi) is 7.59. The first-order valence-electron chi connectivity index (χ1n) is 7.13. The van der Waals surface area contributed by atoms with Crippen LogP contribution in [0.15, 0.2) is 24.3 Å². The van der Waals surface area contributed by atoms with Crippen molar-refractivity contribution >= 4 is 0 Å². The Balaban J connectivity index is 2.51. The van der Waals surface area contributed by atoms with Crippen LogP contribution >= 0.6 is 0 Å². The monoisotopic (exact) mass is 281 g/mol. The summed E-state index contributed by atoms with van der Waals surface area (Å²) in [5.41, 5.74) is 7.05. The maximum atomic E-state index is 6.02. The van der Waals surface area contributed by atoms with E-state index in [9.17, 15) is 0 Å². The maximum Gasteiger partial charge on any atom is 0.119 e. The Morgan fingerprint density at radius 3 is 2.50 bits per heavy atom. The Morgan fingerprint density at radius 2 is 1.90 bits per heavy atom. The number of nitrogens with two attached hydrogens (primary N) is 1. The third kappa shape index (κ3) is 5.90. The van der Waals surface area contributed by atoms with Crippen LogP contribution in [-0.4, -0.2) is 33.0 Å². The minimum atomic E-state index is -0.146. The Bertz CT molecular complexity index is 380. The van der Waals surface area contributed by atoms with E-state index in [4.69, 9.17) is 19.9 Å². The molecular formula is C16H27NO3. The van der Waals surface area contributed by atoms with Crippen molar-refractivity contribution in [2.75, 3.05) is 26.9 Å². The fraction of sp³-hybridized carbons (Fsp3) is 0.625. The molecule has 2 N–H and O–H groups in total. The zero-order chi connectivity index (χ0) is 15.0. The second kappa shape index (κ2) is 8.95. The van der Waals surface area contributed by atoms with E-state index in [2.05, 4.69) is 13.8 Å². The largest absolute Gasteiger partial charge is 0.497 e. The molecule has 4 nitrogen and oxygen atoms in total. The highest BCUT2D eigenvalue weighted by Crippen LogP contribution is 2.24. The van der Waals surface area contributed by atoms with Crippen LogP contribution < -0.4 is 10.5 Å². The Hall–Kier alpha value is -1.10. The highest BCUT2D eigenvalue weighted by Gasteiger charge is 2.17. The first-order chi connectivity index (χ1) is 9.54. The lowest BCUT2D eigenvalue weighted by molar-refractivity contribution is -0.00964. The van der Waals surface area contributed by atoms with E-state index in [0.29, 0.717) is 19.1 Å². The maximum absolute atomic E-state index is 6.02. The molecule has 0 aromatic heterocycles. The lowest BCUT2D eigenvalue weighted by atomic mass is 10.0. The van der Waals surface area contributed by atoms with Crippen LogP contribution in [-0.2, 0) is 9.47 Å². The average molecular weight is 281 g/mol. The Labute approximate surface area is 122 Å². The van der Waals surface area contributed by atoms with Crippen molar-refractivity contribution in [1.82, 2.24) is 0 Å². The van der Waals surface area contributed by atoms with E-state index >= 15 is 0 Å². The molecule has 0 spiro atoms. The third-order valence-electron chi connectivity index (χ3n) is 2.88. The third-order valence-corrected chi connectivity index (χ3v) is 2.88. The fourth-order valence-electron chi connectivity index (χ4n) is 1.92. The van der Waals surface area contributed by atoms with E-state index < -0.39 is 0 Å². The predicted molar refractivity (Wildman–Crippen MR) is 81.0 cm³/mol. The molecule has 2 unspecified atom stereocenters. The number of ether oxygens (including phenoxy) is 3. The summed E-state index contributed by atoms with van der Waals surface area (Å²) in [6.07, 6.45) is -0.146. The van der Waals surface area contributed by atoms with E-state index in [1.807, 2.05) is 31.2 Å². The summed E-state index contributed by atoms with van der Waals surface area (Å²) in [4.78, 5) is 0. The van der Waals surface area contributed by atoms with Gasteiger partial charge >= 0.3 is 0 Å². The van der Waals surface area contributed by atoms with Crippen molar-refractivity contribution in [3.05, 3.63) is 29.8 Å². The molecule has 0 heterocycles. The van der Waals surface area contributed by atoms with Gasteiger partial charge in [0.15, 0.2) is 0 Å². The summed E-state index contributed by atoms with van der Waals surface area (Å²) in [5.74, 6) is 1.35. The van der Waals surface area contributed by atoms with E-state index in [1.165, 1.54) is 0 Å². The molecule has 0 aliphatic rings. The molecule has 1 aromatic carbocycles. The van der Waals surface area contributed by atoms with E-state index in [1.54, 1.807) is 7.11 Å². The van der Waals surface area contributed by atoms with Gasteiger partial charge in [0.25, 0.3) is 0 Å². The van der Waals surface area contributed by atoms with Gasteiger partial charge in [-0.25, -0.2) is 0 Å². The van der Waals surface area contributed by atoms with Crippen molar-refractivity contribution in [3.63, 3.8) is 0 Å². The molecule has 0 aliphatic heterocycles. The highest BCUT2D eigenvalue weighted by atomic mass is 16.5. The smallest absolute Gasteiger partial charge is 0.119 e. The van der Waals surface area contributed by atoms with Gasteiger partial charge in [-0.2, -0.15) is 0 Å². The Morgan fingerprint density at radius 1 is 1.15 bits per heavy atom. The second-order valence-corrected chi connectivity index (χ2v) is 5.40. The van der Waals surface area contributed by atoms with E-state index in [0.717, 1.165) is 17.9 Å². The molecule has 2 atom stereocenters. The zero-order valence-corrected chi connectivity index (χ0v) is 13.0. The van der Waals surface area contributed by atoms with Gasteiger partial charge in [0, 0.05) is 12.6 Å². The molecule has 0 amide bonds. The van der Waals surface area contributed by atoms with Crippen molar-refractivity contribution in [2.45, 2.75) is 32.9 Å². The summed E-state index contributed by atoms with van der Waals surface area (Å²) >= 11 is 0. The van der Waals surface area contributed by atoms with Gasteiger partial charge in [-0.1, -0.05) is 26.0 Å². The van der Waals surface area contributed by atoms with Crippen LogP contribution in [0.3, 0.4) is 0 Å². The van der Waals surface area contributed by atoms with Gasteiger partial charge < -0.3 is 19.9 Å². The molecule has 0 saturated carbocycles. The molecule has 114 valence electrons. The van der Waals surface area contributed by atoms with Crippen LogP contribution in [0.5, 0.6) is 5.75 Å². The quantitative estimate of drug-likeness (QED) is 0.707. The number of methoxy groups -OCH3 is 1. The van der Waals surface area contributed by atoms with Crippen LogP contribution in [0.25, 0.3) is 0 Å². The van der Waals surface area contributed by atoms with Gasteiger partial charge in [0.05, 0.1) is 26.4 Å². The van der Waals surface area contributed by atoms with Gasteiger partial charge in [0.1, 0.15) is 5.75 Å². The first kappa shape index (κ1) is 17.0. The molecule has 0 aliphatic carbocycles. The number of benzene rings is 1. The van der Waals surface area contributed by atoms with Gasteiger partial charge in [0.2, 0.25) is 0 Å². The molecule has 1 rings (SSSR count). The lowest BCUT2D eigenvalue weighted by Crippen LogP contribution is -2.28. The zero-order valence-electron chi connectivity index (χ0n) is 13.0. The summed E-state index contributed by atoms with van der Waals surface area (Å²) in [5, 5.41) is 0. The second-order valence-electron chi connectivity index (χ2n) is 5.40. The molecule has 0 bridgehead atoms. The summed E-state index contributed by atoms with van der Waals surface area (Å²) < 4.78 is 16.6. The topological polar surface area (TPSA) is 53.7 Å². The van der Waals surface area contributed by atoms with E-state index in [-0.39, 0.29) is 12.1 Å². The lowest BCUT2D eigenvalue weighted by Gasteiger charge is -2.22. The van der Waals surface area contributed by atoms with Crippen molar-refractivity contribution in [1.29, 1.82) is 0 Å². The minimum Gasteiger partial charge on any atom is -0.497 e. The van der Waals surface area contributed by atoms with Crippen molar-refractivity contribution in [2.24, 2.45) is 11.7 Å². The summed E-state index contributed by atoms with van der Waals surface area (Å²) in [7, 11) is 1.65. The van der Waals surface area contributed by atoms with Crippen molar-refractivity contribution in [3.8, 4) is 5.75 Å². The van der Waals surface area contributed by atoms with Gasteiger partial charge in [-0.3, -0.25) is 0 Å². The molecular weight excluding hydrogens is 254 g/mol. The molecule has 4 heteroatoms. The van der Waals surface area contributed by atoms with Crippen LogP contribution in [0.2, 0.25) is 0 Å². The van der Waals surface area contributed by atoms with Gasteiger partial charge in [-0.15, -0.1) is 0 Å². The highest BCUT2D eigenvalue weighted by molar-refractivity contribution is 5.30. The van der Waals surface area contributed by atoms with Crippen molar-refractivity contribution < 1.29 is 14.2 Å². The fourth-order valence-corrected chi connectivity index (χ4v) is 1.92. The molecule has 0 saturated heterocycles. The number of rotatable bonds is 9. The SMILES string of the molecule is COc1cccc(C(OCCOCC(C)C)C(C)N)c1. The molecule has 0 fully saturated rings. The normalized spacial score (nSPS) is 14.3. The number of hydrogen-bond donors (Lipinski definition) is 1. The van der Waals surface area contributed by atoms with Gasteiger partial charge in [-0.05, 0) is 30.5 Å². The standard InChI is InChI=1S/C16H27NO3/c1-12(2)11-19-8-9-20-16(13(3)17)14-6-5-7-15(10-14)18-4/h5-7,10,12-13,16H,8-9,11,17H2,1-4H3. The average Bonchev–Trinajstić information content (AvgIpc) is 2.42. The molecule has 20 heavy (non-hydrogen) atoms. The van der Waals surface area contributed by atoms with Crippen LogP contribution in [0, 0.1) is 5.92 Å². The summed E-state index contributed by atoms with van der Waals surface area (Å²) in [6.45, 7) is 8.08. The molecule has 0 radical (unpaired) electrons. The first-order valence-corrected chi connectivity index (χ1v) is 7.13.